The number of likely N-dealkylation sites (N-methyl/N-ethyl adjacent to an activating group) is 1. The Labute approximate surface area is 168 Å². The first kappa shape index (κ1) is 21.7. The van der Waals surface area contributed by atoms with Crippen molar-refractivity contribution < 1.29 is 23.9 Å². The number of nitrogens with zero attached hydrogens (tertiary/aromatic N) is 2. The van der Waals surface area contributed by atoms with Crippen LogP contribution in [0.25, 0.3) is 0 Å². The molecular weight excluding hydrogens is 386 g/mol. The van der Waals surface area contributed by atoms with E-state index in [1.54, 1.807) is 45.2 Å². The van der Waals surface area contributed by atoms with Crippen molar-refractivity contribution >= 4 is 35.4 Å². The number of benzene rings is 1. The SMILES string of the molecule is CCC1(CC)NC(=O)N(CC(=O)OCC(=O)N(C)Cc2ccc(Cl)cc2)C1=O. The van der Waals surface area contributed by atoms with Crippen molar-refractivity contribution in [2.75, 3.05) is 20.2 Å². The predicted octanol–water partition coefficient (Wildman–Crippen LogP) is 1.95. The highest BCUT2D eigenvalue weighted by molar-refractivity contribution is 6.30. The first-order valence-electron chi connectivity index (χ1n) is 9.00. The van der Waals surface area contributed by atoms with Crippen LogP contribution in [-0.2, 0) is 25.7 Å². The van der Waals surface area contributed by atoms with Crippen LogP contribution in [0.1, 0.15) is 32.3 Å². The van der Waals surface area contributed by atoms with Crippen LogP contribution < -0.4 is 5.32 Å². The summed E-state index contributed by atoms with van der Waals surface area (Å²) in [5.74, 6) is -1.68. The first-order valence-corrected chi connectivity index (χ1v) is 9.38. The Morgan fingerprint density at radius 1 is 1.18 bits per heavy atom. The molecule has 0 saturated carbocycles. The number of amides is 4. The van der Waals surface area contributed by atoms with Gasteiger partial charge in [-0.2, -0.15) is 0 Å². The summed E-state index contributed by atoms with van der Waals surface area (Å²) < 4.78 is 4.95. The van der Waals surface area contributed by atoms with Gasteiger partial charge in [-0.05, 0) is 30.5 Å². The molecule has 1 fully saturated rings. The van der Waals surface area contributed by atoms with Crippen molar-refractivity contribution in [3.05, 3.63) is 34.9 Å². The number of rotatable bonds is 8. The fraction of sp³-hybridized carbons (Fsp3) is 0.474. The van der Waals surface area contributed by atoms with Gasteiger partial charge in [-0.3, -0.25) is 19.3 Å². The molecule has 0 spiro atoms. The molecule has 28 heavy (non-hydrogen) atoms. The number of carbonyl (C=O) groups is 4. The Morgan fingerprint density at radius 2 is 1.79 bits per heavy atom. The number of nitrogens with one attached hydrogen (secondary N) is 1. The van der Waals surface area contributed by atoms with Gasteiger partial charge >= 0.3 is 12.0 Å². The van der Waals surface area contributed by atoms with E-state index in [1.165, 1.54) is 4.90 Å². The fourth-order valence-corrected chi connectivity index (χ4v) is 3.05. The van der Waals surface area contributed by atoms with Crippen molar-refractivity contribution in [2.45, 2.75) is 38.8 Å². The molecule has 0 unspecified atom stereocenters. The zero-order chi connectivity index (χ0) is 20.9. The van der Waals surface area contributed by atoms with E-state index < -0.39 is 42.5 Å². The number of ether oxygens (including phenoxy) is 1. The van der Waals surface area contributed by atoms with Gasteiger partial charge in [0.15, 0.2) is 6.61 Å². The summed E-state index contributed by atoms with van der Waals surface area (Å²) in [5.41, 5.74) is -0.104. The van der Waals surface area contributed by atoms with Crippen LogP contribution in [0.5, 0.6) is 0 Å². The molecule has 1 heterocycles. The molecule has 2 rings (SSSR count). The molecule has 1 aliphatic rings. The smallest absolute Gasteiger partial charge is 0.326 e. The highest BCUT2D eigenvalue weighted by atomic mass is 35.5. The molecule has 0 bridgehead atoms. The highest BCUT2D eigenvalue weighted by Gasteiger charge is 2.49. The minimum absolute atomic E-state index is 0.329. The topological polar surface area (TPSA) is 96.0 Å². The van der Waals surface area contributed by atoms with Crippen LogP contribution in [-0.4, -0.2) is 59.4 Å². The zero-order valence-corrected chi connectivity index (χ0v) is 16.9. The Bertz CT molecular complexity index is 761. The summed E-state index contributed by atoms with van der Waals surface area (Å²) in [4.78, 5) is 50.9. The lowest BCUT2D eigenvalue weighted by atomic mass is 9.93. The van der Waals surface area contributed by atoms with Crippen LogP contribution in [0.15, 0.2) is 24.3 Å². The van der Waals surface area contributed by atoms with E-state index >= 15 is 0 Å². The molecule has 1 aliphatic heterocycles. The van der Waals surface area contributed by atoms with E-state index in [4.69, 9.17) is 16.3 Å². The summed E-state index contributed by atoms with van der Waals surface area (Å²) in [7, 11) is 1.58. The number of urea groups is 1. The molecule has 1 aromatic rings. The fourth-order valence-electron chi connectivity index (χ4n) is 2.93. The van der Waals surface area contributed by atoms with E-state index in [9.17, 15) is 19.2 Å². The maximum Gasteiger partial charge on any atom is 0.326 e. The maximum absolute atomic E-state index is 12.5. The Morgan fingerprint density at radius 3 is 2.32 bits per heavy atom. The summed E-state index contributed by atoms with van der Waals surface area (Å²) in [6.45, 7) is 2.91. The average Bonchev–Trinajstić information content (AvgIpc) is 2.92. The number of hydrogen-bond donors (Lipinski definition) is 1. The lowest BCUT2D eigenvalue weighted by molar-refractivity contribution is -0.153. The lowest BCUT2D eigenvalue weighted by Crippen LogP contribution is -2.46. The van der Waals surface area contributed by atoms with Gasteiger partial charge < -0.3 is 15.0 Å². The number of halogens is 1. The van der Waals surface area contributed by atoms with Gasteiger partial charge in [0, 0.05) is 18.6 Å². The third-order valence-electron chi connectivity index (χ3n) is 4.86. The quantitative estimate of drug-likeness (QED) is 0.523. The molecule has 0 atom stereocenters. The monoisotopic (exact) mass is 409 g/mol. The van der Waals surface area contributed by atoms with E-state index in [2.05, 4.69) is 5.32 Å². The molecule has 0 aliphatic carbocycles. The van der Waals surface area contributed by atoms with Gasteiger partial charge in [-0.1, -0.05) is 37.6 Å². The Hall–Kier alpha value is -2.61. The predicted molar refractivity (Wildman–Crippen MR) is 102 cm³/mol. The van der Waals surface area contributed by atoms with E-state index in [-0.39, 0.29) is 0 Å². The molecule has 152 valence electrons. The molecular formula is C19H24ClN3O5. The van der Waals surface area contributed by atoms with Crippen LogP contribution in [0.2, 0.25) is 5.02 Å². The van der Waals surface area contributed by atoms with Crippen molar-refractivity contribution in [3.63, 3.8) is 0 Å². The molecule has 1 N–H and O–H groups in total. The van der Waals surface area contributed by atoms with Gasteiger partial charge in [-0.15, -0.1) is 0 Å². The van der Waals surface area contributed by atoms with E-state index in [0.717, 1.165) is 10.5 Å². The molecule has 8 nitrogen and oxygen atoms in total. The van der Waals surface area contributed by atoms with Crippen molar-refractivity contribution in [1.82, 2.24) is 15.1 Å². The number of carbonyl (C=O) groups excluding carboxylic acids is 4. The van der Waals surface area contributed by atoms with Gasteiger partial charge in [0.2, 0.25) is 0 Å². The minimum atomic E-state index is -0.980. The molecule has 1 saturated heterocycles. The van der Waals surface area contributed by atoms with Crippen molar-refractivity contribution in [1.29, 1.82) is 0 Å². The third-order valence-corrected chi connectivity index (χ3v) is 5.11. The van der Waals surface area contributed by atoms with Gasteiger partial charge in [-0.25, -0.2) is 4.79 Å². The molecule has 0 aromatic heterocycles. The second kappa shape index (κ2) is 9.05. The van der Waals surface area contributed by atoms with Crippen LogP contribution in [0.4, 0.5) is 4.79 Å². The normalized spacial score (nSPS) is 15.4. The lowest BCUT2D eigenvalue weighted by Gasteiger charge is -2.23. The van der Waals surface area contributed by atoms with Gasteiger partial charge in [0.1, 0.15) is 12.1 Å². The average molecular weight is 410 g/mol. The summed E-state index contributed by atoms with van der Waals surface area (Å²) in [5, 5.41) is 3.23. The second-order valence-electron chi connectivity index (χ2n) is 6.65. The second-order valence-corrected chi connectivity index (χ2v) is 7.08. The van der Waals surface area contributed by atoms with Crippen molar-refractivity contribution in [3.8, 4) is 0 Å². The largest absolute Gasteiger partial charge is 0.454 e. The summed E-state index contributed by atoms with van der Waals surface area (Å²) in [6, 6.07) is 6.41. The first-order chi connectivity index (χ1) is 13.2. The van der Waals surface area contributed by atoms with Crippen LogP contribution in [0, 0.1) is 0 Å². The summed E-state index contributed by atoms with van der Waals surface area (Å²) in [6.07, 6.45) is 0.848. The Kier molecular flexibility index (Phi) is 7.01. The summed E-state index contributed by atoms with van der Waals surface area (Å²) >= 11 is 5.83. The highest BCUT2D eigenvalue weighted by Crippen LogP contribution is 2.24. The third kappa shape index (κ3) is 4.81. The van der Waals surface area contributed by atoms with Crippen molar-refractivity contribution in [2.24, 2.45) is 0 Å². The van der Waals surface area contributed by atoms with Gasteiger partial charge in [0.25, 0.3) is 11.8 Å². The number of esters is 1. The molecule has 4 amide bonds. The zero-order valence-electron chi connectivity index (χ0n) is 16.2. The molecule has 1 aromatic carbocycles. The van der Waals surface area contributed by atoms with Gasteiger partial charge in [0.05, 0.1) is 0 Å². The number of imide groups is 1. The van der Waals surface area contributed by atoms with Crippen LogP contribution >= 0.6 is 11.6 Å². The Balaban J connectivity index is 1.84. The maximum atomic E-state index is 12.5. The van der Waals surface area contributed by atoms with E-state index in [0.29, 0.717) is 24.4 Å². The number of hydrogen-bond acceptors (Lipinski definition) is 5. The molecule has 9 heteroatoms. The van der Waals surface area contributed by atoms with Crippen LogP contribution in [0.3, 0.4) is 0 Å². The minimum Gasteiger partial charge on any atom is -0.454 e. The standard InChI is InChI=1S/C19H24ClN3O5/c1-4-19(5-2)17(26)23(18(27)21-19)11-16(25)28-12-15(24)22(3)10-13-6-8-14(20)9-7-13/h6-9H,4-5,10-12H2,1-3H3,(H,21,27). The van der Waals surface area contributed by atoms with E-state index in [1.807, 2.05) is 0 Å². The molecule has 0 radical (unpaired) electrons.